The van der Waals surface area contributed by atoms with E-state index in [1.54, 1.807) is 0 Å². The Kier molecular flexibility index (Phi) is 4.66. The molecule has 6 heteroatoms. The van der Waals surface area contributed by atoms with Crippen LogP contribution in [0, 0.1) is 0 Å². The highest BCUT2D eigenvalue weighted by molar-refractivity contribution is 7.09. The number of anilines is 1. The van der Waals surface area contributed by atoms with Gasteiger partial charge in [0, 0.05) is 49.7 Å². The van der Waals surface area contributed by atoms with E-state index in [1.807, 2.05) is 13.8 Å². The molecule has 0 saturated carbocycles. The maximum absolute atomic E-state index is 9.93. The number of aliphatic hydroxyl groups is 1. The third-order valence-corrected chi connectivity index (χ3v) is 4.28. The van der Waals surface area contributed by atoms with Crippen molar-refractivity contribution in [2.45, 2.75) is 52.2 Å². The molecule has 2 heterocycles. The van der Waals surface area contributed by atoms with Gasteiger partial charge in [0.2, 0.25) is 5.13 Å². The third kappa shape index (κ3) is 3.90. The van der Waals surface area contributed by atoms with Crippen LogP contribution in [0.25, 0.3) is 0 Å². The number of piperazine rings is 1. The molecule has 1 aliphatic rings. The molecular formula is C14H26N4OS. The maximum Gasteiger partial charge on any atom is 0.205 e. The first-order chi connectivity index (χ1) is 9.26. The molecule has 0 amide bonds. The van der Waals surface area contributed by atoms with Gasteiger partial charge in [0.1, 0.15) is 5.82 Å². The van der Waals surface area contributed by atoms with Crippen LogP contribution in [0.5, 0.6) is 0 Å². The molecule has 1 N–H and O–H groups in total. The molecule has 1 atom stereocenters. The molecule has 1 aliphatic heterocycles. The van der Waals surface area contributed by atoms with Crippen molar-refractivity contribution in [2.75, 3.05) is 31.1 Å². The molecule has 0 radical (unpaired) electrons. The van der Waals surface area contributed by atoms with Gasteiger partial charge < -0.3 is 10.0 Å². The van der Waals surface area contributed by atoms with Gasteiger partial charge in [-0.2, -0.15) is 4.37 Å². The van der Waals surface area contributed by atoms with Crippen LogP contribution in [0.2, 0.25) is 0 Å². The fraction of sp³-hybridized carbons (Fsp3) is 0.857. The summed E-state index contributed by atoms with van der Waals surface area (Å²) in [6.07, 6.45) is 0. The Bertz CT molecular complexity index is 441. The number of nitrogens with zero attached hydrogens (tertiary/aromatic N) is 4. The normalized spacial score (nSPS) is 21.8. The van der Waals surface area contributed by atoms with E-state index in [9.17, 15) is 5.11 Å². The molecule has 0 bridgehead atoms. The lowest BCUT2D eigenvalue weighted by Crippen LogP contribution is -2.54. The van der Waals surface area contributed by atoms with Gasteiger partial charge in [-0.3, -0.25) is 4.90 Å². The lowest BCUT2D eigenvalue weighted by molar-refractivity contribution is 0.0308. The molecule has 0 aromatic carbocycles. The van der Waals surface area contributed by atoms with Crippen molar-refractivity contribution in [2.24, 2.45) is 0 Å². The molecule has 2 rings (SSSR count). The van der Waals surface area contributed by atoms with Crippen LogP contribution >= 0.6 is 11.5 Å². The molecule has 5 nitrogen and oxygen atoms in total. The van der Waals surface area contributed by atoms with E-state index in [0.717, 1.165) is 37.1 Å². The minimum Gasteiger partial charge on any atom is -0.389 e. The minimum absolute atomic E-state index is 0.381. The second-order valence-electron chi connectivity index (χ2n) is 6.68. The second kappa shape index (κ2) is 5.95. The van der Waals surface area contributed by atoms with Gasteiger partial charge in [0.25, 0.3) is 0 Å². The van der Waals surface area contributed by atoms with Gasteiger partial charge in [-0.25, -0.2) is 4.98 Å². The lowest BCUT2D eigenvalue weighted by Gasteiger charge is -2.41. The van der Waals surface area contributed by atoms with Crippen LogP contribution < -0.4 is 4.90 Å². The van der Waals surface area contributed by atoms with Gasteiger partial charge in [0.05, 0.1) is 5.60 Å². The Balaban J connectivity index is 1.99. The van der Waals surface area contributed by atoms with E-state index in [2.05, 4.69) is 39.9 Å². The minimum atomic E-state index is -0.630. The zero-order valence-electron chi connectivity index (χ0n) is 13.1. The van der Waals surface area contributed by atoms with Crippen LogP contribution in [0.4, 0.5) is 5.13 Å². The fourth-order valence-corrected chi connectivity index (χ4v) is 3.52. The Morgan fingerprint density at radius 1 is 1.40 bits per heavy atom. The van der Waals surface area contributed by atoms with Crippen molar-refractivity contribution in [1.29, 1.82) is 0 Å². The number of hydrogen-bond donors (Lipinski definition) is 1. The molecule has 114 valence electrons. The highest BCUT2D eigenvalue weighted by Gasteiger charge is 2.29. The van der Waals surface area contributed by atoms with Crippen molar-refractivity contribution < 1.29 is 5.11 Å². The summed E-state index contributed by atoms with van der Waals surface area (Å²) < 4.78 is 4.44. The highest BCUT2D eigenvalue weighted by Crippen LogP contribution is 2.25. The predicted molar refractivity (Wildman–Crippen MR) is 83.5 cm³/mol. The molecule has 0 aliphatic carbocycles. The fourth-order valence-electron chi connectivity index (χ4n) is 2.59. The van der Waals surface area contributed by atoms with Gasteiger partial charge >= 0.3 is 0 Å². The van der Waals surface area contributed by atoms with E-state index in [-0.39, 0.29) is 0 Å². The van der Waals surface area contributed by atoms with E-state index in [4.69, 9.17) is 0 Å². The van der Waals surface area contributed by atoms with E-state index >= 15 is 0 Å². The monoisotopic (exact) mass is 298 g/mol. The molecule has 1 aromatic rings. The average molecular weight is 298 g/mol. The zero-order valence-corrected chi connectivity index (χ0v) is 13.9. The average Bonchev–Trinajstić information content (AvgIpc) is 2.76. The highest BCUT2D eigenvalue weighted by atomic mass is 32.1. The SMILES string of the molecule is CC(C)c1nsc(N2CCN(CC(C)(C)O)CC2C)n1. The van der Waals surface area contributed by atoms with E-state index in [0.29, 0.717) is 12.0 Å². The van der Waals surface area contributed by atoms with E-state index in [1.165, 1.54) is 11.5 Å². The third-order valence-electron chi connectivity index (χ3n) is 3.52. The van der Waals surface area contributed by atoms with Gasteiger partial charge in [0.15, 0.2) is 0 Å². The first-order valence-corrected chi connectivity index (χ1v) is 8.08. The Labute approximate surface area is 125 Å². The van der Waals surface area contributed by atoms with Crippen molar-refractivity contribution in [3.8, 4) is 0 Å². The predicted octanol–water partition coefficient (Wildman–Crippen LogP) is 1.94. The molecule has 20 heavy (non-hydrogen) atoms. The largest absolute Gasteiger partial charge is 0.389 e. The number of hydrogen-bond acceptors (Lipinski definition) is 6. The summed E-state index contributed by atoms with van der Waals surface area (Å²) in [5.41, 5.74) is -0.630. The summed E-state index contributed by atoms with van der Waals surface area (Å²) in [6, 6.07) is 0.402. The quantitative estimate of drug-likeness (QED) is 0.920. The summed E-state index contributed by atoms with van der Waals surface area (Å²) in [6.45, 7) is 13.8. The summed E-state index contributed by atoms with van der Waals surface area (Å²) in [5, 5.41) is 11.0. The Morgan fingerprint density at radius 3 is 2.60 bits per heavy atom. The smallest absolute Gasteiger partial charge is 0.205 e. The standard InChI is InChI=1S/C14H26N4OS/c1-10(2)12-15-13(20-16-12)18-7-6-17(8-11(18)3)9-14(4,5)19/h10-11,19H,6-9H2,1-5H3. The van der Waals surface area contributed by atoms with Gasteiger partial charge in [-0.1, -0.05) is 13.8 Å². The van der Waals surface area contributed by atoms with Crippen LogP contribution in [0.3, 0.4) is 0 Å². The van der Waals surface area contributed by atoms with E-state index < -0.39 is 5.60 Å². The molecule has 1 saturated heterocycles. The maximum atomic E-state index is 9.93. The summed E-state index contributed by atoms with van der Waals surface area (Å²) >= 11 is 1.50. The lowest BCUT2D eigenvalue weighted by atomic mass is 10.1. The van der Waals surface area contributed by atoms with Crippen molar-refractivity contribution in [1.82, 2.24) is 14.3 Å². The summed E-state index contributed by atoms with van der Waals surface area (Å²) in [4.78, 5) is 9.31. The molecule has 0 spiro atoms. The van der Waals surface area contributed by atoms with Gasteiger partial charge in [-0.05, 0) is 20.8 Å². The van der Waals surface area contributed by atoms with Gasteiger partial charge in [-0.15, -0.1) is 0 Å². The number of rotatable bonds is 4. The topological polar surface area (TPSA) is 52.5 Å². The molecule has 1 aromatic heterocycles. The summed E-state index contributed by atoms with van der Waals surface area (Å²) in [5.74, 6) is 1.32. The first kappa shape index (κ1) is 15.7. The molecular weight excluding hydrogens is 272 g/mol. The van der Waals surface area contributed by atoms with Crippen LogP contribution in [0.1, 0.15) is 46.4 Å². The molecule has 1 fully saturated rings. The molecule has 1 unspecified atom stereocenters. The number of aromatic nitrogens is 2. The zero-order chi connectivity index (χ0) is 14.9. The van der Waals surface area contributed by atoms with Crippen LogP contribution in [-0.4, -0.2) is 57.2 Å². The number of β-amino-alcohol motifs (C(OH)–C–C–N with tert-alkyl or cyclic N) is 1. The van der Waals surface area contributed by atoms with Crippen molar-refractivity contribution in [3.05, 3.63) is 5.82 Å². The second-order valence-corrected chi connectivity index (χ2v) is 7.41. The van der Waals surface area contributed by atoms with Crippen LogP contribution in [0.15, 0.2) is 0 Å². The first-order valence-electron chi connectivity index (χ1n) is 7.31. The van der Waals surface area contributed by atoms with Crippen molar-refractivity contribution in [3.63, 3.8) is 0 Å². The Hall–Kier alpha value is -0.720. The van der Waals surface area contributed by atoms with Crippen LogP contribution in [-0.2, 0) is 0 Å². The van der Waals surface area contributed by atoms with Crippen molar-refractivity contribution >= 4 is 16.7 Å². The Morgan fingerprint density at radius 2 is 2.10 bits per heavy atom. The summed E-state index contributed by atoms with van der Waals surface area (Å²) in [7, 11) is 0.